The summed E-state index contributed by atoms with van der Waals surface area (Å²) in [5, 5.41) is 3.75. The van der Waals surface area contributed by atoms with Gasteiger partial charge in [-0.2, -0.15) is 0 Å². The van der Waals surface area contributed by atoms with Gasteiger partial charge < -0.3 is 9.73 Å². The highest BCUT2D eigenvalue weighted by molar-refractivity contribution is 5.02. The zero-order valence-electron chi connectivity index (χ0n) is 10.5. The second-order valence-electron chi connectivity index (χ2n) is 5.27. The lowest BCUT2D eigenvalue weighted by Gasteiger charge is -2.42. The van der Waals surface area contributed by atoms with E-state index in [1.54, 1.807) is 6.26 Å². The Morgan fingerprint density at radius 1 is 1.44 bits per heavy atom. The molecule has 1 aromatic heterocycles. The molecule has 1 aliphatic rings. The van der Waals surface area contributed by atoms with Crippen LogP contribution in [0.1, 0.15) is 45.3 Å². The van der Waals surface area contributed by atoms with E-state index in [4.69, 9.17) is 4.42 Å². The topological polar surface area (TPSA) is 25.2 Å². The van der Waals surface area contributed by atoms with E-state index in [-0.39, 0.29) is 0 Å². The Hall–Kier alpha value is -0.760. The zero-order valence-corrected chi connectivity index (χ0v) is 10.5. The predicted octanol–water partition coefficient (Wildman–Crippen LogP) is 3.38. The standard InChI is InChI=1S/C14H23NO/c1-12(2)14(8-3-4-10-15-14)9-7-13-6-5-11-16-13/h5-6,11-12,15H,3-4,7-10H2,1-2H3. The van der Waals surface area contributed by atoms with E-state index in [0.717, 1.165) is 12.2 Å². The highest BCUT2D eigenvalue weighted by Gasteiger charge is 2.34. The molecule has 1 aliphatic heterocycles. The molecule has 0 amide bonds. The smallest absolute Gasteiger partial charge is 0.103 e. The lowest BCUT2D eigenvalue weighted by Crippen LogP contribution is -2.52. The average molecular weight is 221 g/mol. The minimum absolute atomic E-state index is 0.338. The van der Waals surface area contributed by atoms with Crippen molar-refractivity contribution >= 4 is 0 Å². The van der Waals surface area contributed by atoms with Gasteiger partial charge in [-0.25, -0.2) is 0 Å². The summed E-state index contributed by atoms with van der Waals surface area (Å²) in [5.74, 6) is 1.81. The van der Waals surface area contributed by atoms with E-state index < -0.39 is 0 Å². The molecule has 1 fully saturated rings. The molecule has 0 aliphatic carbocycles. The second-order valence-corrected chi connectivity index (χ2v) is 5.27. The average Bonchev–Trinajstić information content (AvgIpc) is 2.80. The van der Waals surface area contributed by atoms with Crippen molar-refractivity contribution in [2.45, 2.75) is 51.5 Å². The second kappa shape index (κ2) is 5.05. The van der Waals surface area contributed by atoms with Gasteiger partial charge in [0.05, 0.1) is 6.26 Å². The molecule has 2 nitrogen and oxygen atoms in total. The van der Waals surface area contributed by atoms with Crippen molar-refractivity contribution in [1.29, 1.82) is 0 Å². The van der Waals surface area contributed by atoms with E-state index >= 15 is 0 Å². The maximum absolute atomic E-state index is 5.42. The van der Waals surface area contributed by atoms with Crippen LogP contribution in [0.2, 0.25) is 0 Å². The van der Waals surface area contributed by atoms with Gasteiger partial charge in [0.15, 0.2) is 0 Å². The third-order valence-electron chi connectivity index (χ3n) is 4.03. The van der Waals surface area contributed by atoms with E-state index in [1.165, 1.54) is 32.2 Å². The number of nitrogens with one attached hydrogen (secondary N) is 1. The molecule has 0 saturated carbocycles. The molecule has 16 heavy (non-hydrogen) atoms. The van der Waals surface area contributed by atoms with Crippen molar-refractivity contribution < 1.29 is 4.42 Å². The van der Waals surface area contributed by atoms with E-state index in [0.29, 0.717) is 11.5 Å². The van der Waals surface area contributed by atoms with Crippen molar-refractivity contribution in [3.8, 4) is 0 Å². The highest BCUT2D eigenvalue weighted by Crippen LogP contribution is 2.31. The van der Waals surface area contributed by atoms with Crippen molar-refractivity contribution in [3.05, 3.63) is 24.2 Å². The number of rotatable bonds is 4. The summed E-state index contributed by atoms with van der Waals surface area (Å²) in [5.41, 5.74) is 0.338. The molecule has 0 spiro atoms. The summed E-state index contributed by atoms with van der Waals surface area (Å²) in [4.78, 5) is 0. The number of hydrogen-bond donors (Lipinski definition) is 1. The van der Waals surface area contributed by atoms with Crippen LogP contribution in [0.25, 0.3) is 0 Å². The quantitative estimate of drug-likeness (QED) is 0.843. The number of furan rings is 1. The van der Waals surface area contributed by atoms with Gasteiger partial charge in [0, 0.05) is 12.0 Å². The van der Waals surface area contributed by atoms with Gasteiger partial charge in [0.1, 0.15) is 5.76 Å². The van der Waals surface area contributed by atoms with Crippen LogP contribution >= 0.6 is 0 Å². The summed E-state index contributed by atoms with van der Waals surface area (Å²) in [6.45, 7) is 5.84. The van der Waals surface area contributed by atoms with E-state index in [1.807, 2.05) is 6.07 Å². The van der Waals surface area contributed by atoms with Crippen molar-refractivity contribution in [3.63, 3.8) is 0 Å². The van der Waals surface area contributed by atoms with Gasteiger partial charge in [0.2, 0.25) is 0 Å². The van der Waals surface area contributed by atoms with Gasteiger partial charge in [-0.15, -0.1) is 0 Å². The van der Waals surface area contributed by atoms with Crippen LogP contribution in [-0.4, -0.2) is 12.1 Å². The van der Waals surface area contributed by atoms with E-state index in [9.17, 15) is 0 Å². The van der Waals surface area contributed by atoms with Gasteiger partial charge in [0.25, 0.3) is 0 Å². The van der Waals surface area contributed by atoms with Crippen LogP contribution in [0.15, 0.2) is 22.8 Å². The minimum atomic E-state index is 0.338. The largest absolute Gasteiger partial charge is 0.469 e. The predicted molar refractivity (Wildman–Crippen MR) is 66.5 cm³/mol. The van der Waals surface area contributed by atoms with Crippen molar-refractivity contribution in [1.82, 2.24) is 5.32 Å². The molecule has 2 rings (SSSR count). The maximum Gasteiger partial charge on any atom is 0.103 e. The normalized spacial score (nSPS) is 26.2. The van der Waals surface area contributed by atoms with Crippen molar-refractivity contribution in [2.24, 2.45) is 5.92 Å². The summed E-state index contributed by atoms with van der Waals surface area (Å²) >= 11 is 0. The summed E-state index contributed by atoms with van der Waals surface area (Å²) in [6, 6.07) is 4.06. The number of aryl methyl sites for hydroxylation is 1. The Balaban J connectivity index is 1.97. The third-order valence-corrected chi connectivity index (χ3v) is 4.03. The fraction of sp³-hybridized carbons (Fsp3) is 0.714. The van der Waals surface area contributed by atoms with Crippen LogP contribution in [0, 0.1) is 5.92 Å². The fourth-order valence-corrected chi connectivity index (χ4v) is 2.79. The van der Waals surface area contributed by atoms with Gasteiger partial charge in [-0.3, -0.25) is 0 Å². The molecule has 0 radical (unpaired) electrons. The van der Waals surface area contributed by atoms with Gasteiger partial charge in [-0.1, -0.05) is 20.3 Å². The number of piperidine rings is 1. The summed E-state index contributed by atoms with van der Waals surface area (Å²) in [6.07, 6.45) is 8.02. The lowest BCUT2D eigenvalue weighted by molar-refractivity contribution is 0.167. The Kier molecular flexibility index (Phi) is 3.70. The SMILES string of the molecule is CC(C)C1(CCc2ccco2)CCCCN1. The Morgan fingerprint density at radius 3 is 2.88 bits per heavy atom. The summed E-state index contributed by atoms with van der Waals surface area (Å²) in [7, 11) is 0. The molecule has 0 aromatic carbocycles. The third kappa shape index (κ3) is 2.49. The first kappa shape index (κ1) is 11.7. The maximum atomic E-state index is 5.42. The molecule has 2 heterocycles. The van der Waals surface area contributed by atoms with Crippen LogP contribution in [-0.2, 0) is 6.42 Å². The molecule has 1 aromatic rings. The number of hydrogen-bond acceptors (Lipinski definition) is 2. The molecular weight excluding hydrogens is 198 g/mol. The molecule has 1 unspecified atom stereocenters. The minimum Gasteiger partial charge on any atom is -0.469 e. The molecule has 1 saturated heterocycles. The molecule has 1 N–H and O–H groups in total. The Bertz CT molecular complexity index is 297. The van der Waals surface area contributed by atoms with Crippen molar-refractivity contribution in [2.75, 3.05) is 6.54 Å². The van der Waals surface area contributed by atoms with Crippen LogP contribution in [0.4, 0.5) is 0 Å². The first-order chi connectivity index (χ1) is 7.73. The molecule has 2 heteroatoms. The first-order valence-electron chi connectivity index (χ1n) is 6.50. The van der Waals surface area contributed by atoms with Crippen LogP contribution in [0.5, 0.6) is 0 Å². The summed E-state index contributed by atoms with van der Waals surface area (Å²) < 4.78 is 5.42. The van der Waals surface area contributed by atoms with Crippen LogP contribution < -0.4 is 5.32 Å². The zero-order chi connectivity index (χ0) is 11.4. The molecule has 1 atom stereocenters. The first-order valence-corrected chi connectivity index (χ1v) is 6.50. The lowest BCUT2D eigenvalue weighted by atomic mass is 9.76. The molecule has 90 valence electrons. The van der Waals surface area contributed by atoms with Gasteiger partial charge >= 0.3 is 0 Å². The Morgan fingerprint density at radius 2 is 2.31 bits per heavy atom. The Labute approximate surface area is 98.4 Å². The highest BCUT2D eigenvalue weighted by atomic mass is 16.3. The fourth-order valence-electron chi connectivity index (χ4n) is 2.79. The molecular formula is C14H23NO. The van der Waals surface area contributed by atoms with E-state index in [2.05, 4.69) is 25.2 Å². The molecule has 0 bridgehead atoms. The monoisotopic (exact) mass is 221 g/mol. The van der Waals surface area contributed by atoms with Gasteiger partial charge in [-0.05, 0) is 43.9 Å². The van der Waals surface area contributed by atoms with Crippen LogP contribution in [0.3, 0.4) is 0 Å².